The second kappa shape index (κ2) is 49.9. The van der Waals surface area contributed by atoms with E-state index < -0.39 is 12.1 Å². The van der Waals surface area contributed by atoms with Crippen molar-refractivity contribution in [3.05, 3.63) is 146 Å². The maximum Gasteiger partial charge on any atom is 0.306 e. The van der Waals surface area contributed by atoms with Crippen molar-refractivity contribution in [2.75, 3.05) is 13.2 Å². The number of hydrogen-bond acceptors (Lipinski definition) is 6. The molecule has 0 aliphatic carbocycles. The van der Waals surface area contributed by atoms with Crippen molar-refractivity contribution < 1.29 is 28.6 Å². The average molecular weight is 867 g/mol. The molecule has 0 rings (SSSR count). The summed E-state index contributed by atoms with van der Waals surface area (Å²) in [4.78, 5) is 37.8. The quantitative estimate of drug-likeness (QED) is 0.0264. The molecule has 0 N–H and O–H groups in total. The van der Waals surface area contributed by atoms with Crippen LogP contribution >= 0.6 is 0 Å². The molecule has 0 aromatic heterocycles. The van der Waals surface area contributed by atoms with Crippen LogP contribution in [0.2, 0.25) is 0 Å². The molecule has 0 saturated heterocycles. The summed E-state index contributed by atoms with van der Waals surface area (Å²) in [5, 5.41) is 0. The van der Waals surface area contributed by atoms with Crippen LogP contribution in [0.5, 0.6) is 0 Å². The lowest BCUT2D eigenvalue weighted by molar-refractivity contribution is -0.166. The Hall–Kier alpha value is -4.71. The monoisotopic (exact) mass is 867 g/mol. The second-order valence-corrected chi connectivity index (χ2v) is 15.2. The van der Waals surface area contributed by atoms with Gasteiger partial charge in [-0.3, -0.25) is 14.4 Å². The van der Waals surface area contributed by atoms with E-state index >= 15 is 0 Å². The lowest BCUT2D eigenvalue weighted by atomic mass is 10.1. The van der Waals surface area contributed by atoms with E-state index in [1.807, 2.05) is 12.2 Å². The normalized spacial score (nSPS) is 13.4. The van der Waals surface area contributed by atoms with Gasteiger partial charge < -0.3 is 14.2 Å². The van der Waals surface area contributed by atoms with Gasteiger partial charge in [-0.1, -0.05) is 186 Å². The van der Waals surface area contributed by atoms with Crippen LogP contribution in [-0.4, -0.2) is 37.2 Å². The molecule has 350 valence electrons. The van der Waals surface area contributed by atoms with E-state index in [9.17, 15) is 14.4 Å². The van der Waals surface area contributed by atoms with Crippen molar-refractivity contribution in [2.45, 2.75) is 181 Å². The van der Waals surface area contributed by atoms with Crippen LogP contribution in [0.4, 0.5) is 0 Å². The molecule has 1 unspecified atom stereocenters. The zero-order chi connectivity index (χ0) is 45.8. The molecule has 0 saturated carbocycles. The Morgan fingerprint density at radius 1 is 0.317 bits per heavy atom. The van der Waals surface area contributed by atoms with E-state index in [1.165, 1.54) is 0 Å². The van der Waals surface area contributed by atoms with E-state index in [0.29, 0.717) is 19.3 Å². The van der Waals surface area contributed by atoms with Gasteiger partial charge in [-0.05, 0) is 116 Å². The summed E-state index contributed by atoms with van der Waals surface area (Å²) in [6.45, 7) is 6.14. The van der Waals surface area contributed by atoms with E-state index in [-0.39, 0.29) is 38.0 Å². The van der Waals surface area contributed by atoms with Crippen LogP contribution in [0, 0.1) is 0 Å². The van der Waals surface area contributed by atoms with Gasteiger partial charge in [-0.15, -0.1) is 0 Å². The van der Waals surface area contributed by atoms with Crippen LogP contribution in [0.15, 0.2) is 146 Å². The van der Waals surface area contributed by atoms with Gasteiger partial charge >= 0.3 is 17.9 Å². The highest BCUT2D eigenvalue weighted by Crippen LogP contribution is 2.10. The number of esters is 3. The highest BCUT2D eigenvalue weighted by molar-refractivity contribution is 5.71. The third kappa shape index (κ3) is 48.2. The predicted octanol–water partition coefficient (Wildman–Crippen LogP) is 16.1. The van der Waals surface area contributed by atoms with Gasteiger partial charge in [0.15, 0.2) is 6.10 Å². The Balaban J connectivity index is 4.64. The maximum absolute atomic E-state index is 12.7. The summed E-state index contributed by atoms with van der Waals surface area (Å²) in [6.07, 6.45) is 71.3. The minimum absolute atomic E-state index is 0.140. The summed E-state index contributed by atoms with van der Waals surface area (Å²) in [7, 11) is 0. The Morgan fingerprint density at radius 2 is 0.619 bits per heavy atom. The van der Waals surface area contributed by atoms with Crippen LogP contribution in [0.25, 0.3) is 0 Å². The summed E-state index contributed by atoms with van der Waals surface area (Å²) < 4.78 is 16.6. The van der Waals surface area contributed by atoms with Crippen molar-refractivity contribution >= 4 is 17.9 Å². The number of unbranched alkanes of at least 4 members (excludes halogenated alkanes) is 6. The molecule has 6 heteroatoms. The van der Waals surface area contributed by atoms with E-state index in [2.05, 4.69) is 154 Å². The molecule has 63 heavy (non-hydrogen) atoms. The number of ether oxygens (including phenoxy) is 3. The largest absolute Gasteiger partial charge is 0.462 e. The standard InChI is InChI=1S/C57H86O6/c1-4-7-10-13-16-19-22-25-27-29-31-32-35-38-41-44-47-50-56(59)62-53-54(52-61-55(58)49-46-43-40-37-34-24-21-18-15-12-9-6-3)63-57(60)51-48-45-42-39-36-33-30-28-26-23-20-17-14-11-8-5-2/h7-12,16-21,25-28,31-33,36,38,41-42,45,54H,4-6,13-15,22-24,29-30,34-35,37,39-40,43-44,46-53H2,1-3H3/b10-7-,11-8-,12-9-,19-16-,20-17-,21-18-,27-25-,28-26-,32-31-,36-33-,41-38-,45-42-. The summed E-state index contributed by atoms with van der Waals surface area (Å²) >= 11 is 0. The molecule has 0 fully saturated rings. The SMILES string of the molecule is CC/C=C\C/C=C\C/C=C\C/C=C\C/C=C\CCCC(=O)OCC(COC(=O)CCCCCCC/C=C\C/C=C\CC)OC(=O)CC/C=C\C/C=C\C/C=C\C/C=C\C/C=C\CC. The van der Waals surface area contributed by atoms with Gasteiger partial charge in [0.05, 0.1) is 0 Å². The molecular weight excluding hydrogens is 781 g/mol. The number of carbonyl (C=O) groups is 3. The Morgan fingerprint density at radius 3 is 1.02 bits per heavy atom. The highest BCUT2D eigenvalue weighted by atomic mass is 16.6. The van der Waals surface area contributed by atoms with E-state index in [1.54, 1.807) is 0 Å². The fourth-order valence-electron chi connectivity index (χ4n) is 5.80. The van der Waals surface area contributed by atoms with Crippen LogP contribution in [0.3, 0.4) is 0 Å². The lowest BCUT2D eigenvalue weighted by Gasteiger charge is -2.18. The Kier molecular flexibility index (Phi) is 46.2. The van der Waals surface area contributed by atoms with Gasteiger partial charge in [0.25, 0.3) is 0 Å². The number of carbonyl (C=O) groups excluding carboxylic acids is 3. The summed E-state index contributed by atoms with van der Waals surface area (Å²) in [5.74, 6) is -1.11. The van der Waals surface area contributed by atoms with Gasteiger partial charge in [0.2, 0.25) is 0 Å². The molecule has 0 aromatic carbocycles. The molecule has 0 aromatic rings. The van der Waals surface area contributed by atoms with Gasteiger partial charge in [-0.2, -0.15) is 0 Å². The molecule has 1 atom stereocenters. The number of hydrogen-bond donors (Lipinski definition) is 0. The van der Waals surface area contributed by atoms with Crippen LogP contribution < -0.4 is 0 Å². The fourth-order valence-corrected chi connectivity index (χ4v) is 5.80. The van der Waals surface area contributed by atoms with Crippen molar-refractivity contribution in [3.8, 4) is 0 Å². The minimum atomic E-state index is -0.852. The molecule has 0 aliphatic rings. The first-order valence-electron chi connectivity index (χ1n) is 24.3. The third-order valence-electron chi connectivity index (χ3n) is 9.33. The van der Waals surface area contributed by atoms with Crippen molar-refractivity contribution in [1.29, 1.82) is 0 Å². The smallest absolute Gasteiger partial charge is 0.306 e. The Bertz CT molecular complexity index is 1460. The number of rotatable bonds is 41. The molecular formula is C57H86O6. The minimum Gasteiger partial charge on any atom is -0.462 e. The predicted molar refractivity (Wildman–Crippen MR) is 269 cm³/mol. The number of allylic oxidation sites excluding steroid dienone is 24. The first-order valence-corrected chi connectivity index (χ1v) is 24.3. The van der Waals surface area contributed by atoms with E-state index in [4.69, 9.17) is 14.2 Å². The topological polar surface area (TPSA) is 78.9 Å². The van der Waals surface area contributed by atoms with E-state index in [0.717, 1.165) is 122 Å². The van der Waals surface area contributed by atoms with Gasteiger partial charge in [-0.25, -0.2) is 0 Å². The average Bonchev–Trinajstić information content (AvgIpc) is 3.28. The van der Waals surface area contributed by atoms with Crippen LogP contribution in [0.1, 0.15) is 175 Å². The zero-order valence-electron chi connectivity index (χ0n) is 39.8. The van der Waals surface area contributed by atoms with Crippen LogP contribution in [-0.2, 0) is 28.6 Å². The lowest BCUT2D eigenvalue weighted by Crippen LogP contribution is -2.30. The molecule has 0 amide bonds. The molecule has 0 bridgehead atoms. The molecule has 0 spiro atoms. The molecule has 6 nitrogen and oxygen atoms in total. The first-order chi connectivity index (χ1) is 31.0. The van der Waals surface area contributed by atoms with Crippen molar-refractivity contribution in [3.63, 3.8) is 0 Å². The molecule has 0 aliphatic heterocycles. The van der Waals surface area contributed by atoms with Gasteiger partial charge in [0.1, 0.15) is 13.2 Å². The molecule has 0 radical (unpaired) electrons. The second-order valence-electron chi connectivity index (χ2n) is 15.2. The summed E-state index contributed by atoms with van der Waals surface area (Å²) in [6, 6.07) is 0. The first kappa shape index (κ1) is 58.3. The maximum atomic E-state index is 12.7. The summed E-state index contributed by atoms with van der Waals surface area (Å²) in [5.41, 5.74) is 0. The van der Waals surface area contributed by atoms with Crippen molar-refractivity contribution in [1.82, 2.24) is 0 Å². The zero-order valence-corrected chi connectivity index (χ0v) is 39.8. The third-order valence-corrected chi connectivity index (χ3v) is 9.33. The van der Waals surface area contributed by atoms with Crippen molar-refractivity contribution in [2.24, 2.45) is 0 Å². The fraction of sp³-hybridized carbons (Fsp3) is 0.526. The molecule has 0 heterocycles. The Labute approximate surface area is 385 Å². The highest BCUT2D eigenvalue weighted by Gasteiger charge is 2.19. The van der Waals surface area contributed by atoms with Gasteiger partial charge in [0, 0.05) is 19.3 Å².